The van der Waals surface area contributed by atoms with E-state index in [1.165, 1.54) is 4.68 Å². The standard InChI is InChI=1S/C13H14FN3O/c14-12-10-11(16-6-8-18-9-7-16)2-3-13(12)17-5-1-4-15-17/h1-5,10H,6-9H2. The number of halogens is 1. The van der Waals surface area contributed by atoms with Gasteiger partial charge in [-0.3, -0.25) is 0 Å². The van der Waals surface area contributed by atoms with Crippen molar-refractivity contribution < 1.29 is 9.13 Å². The number of benzene rings is 1. The zero-order chi connectivity index (χ0) is 12.4. The quantitative estimate of drug-likeness (QED) is 0.811. The van der Waals surface area contributed by atoms with Gasteiger partial charge in [-0.2, -0.15) is 5.10 Å². The van der Waals surface area contributed by atoms with Gasteiger partial charge >= 0.3 is 0 Å². The fourth-order valence-corrected chi connectivity index (χ4v) is 2.11. The molecule has 0 bridgehead atoms. The monoisotopic (exact) mass is 247 g/mol. The minimum atomic E-state index is -0.261. The molecule has 1 aliphatic rings. The number of hydrogen-bond donors (Lipinski definition) is 0. The molecule has 0 N–H and O–H groups in total. The molecule has 1 aromatic heterocycles. The molecule has 0 saturated carbocycles. The molecular weight excluding hydrogens is 233 g/mol. The summed E-state index contributed by atoms with van der Waals surface area (Å²) in [5, 5.41) is 4.03. The van der Waals surface area contributed by atoms with Crippen LogP contribution in [0.1, 0.15) is 0 Å². The van der Waals surface area contributed by atoms with E-state index in [9.17, 15) is 4.39 Å². The van der Waals surface area contributed by atoms with Crippen LogP contribution in [0.25, 0.3) is 5.69 Å². The zero-order valence-corrected chi connectivity index (χ0v) is 9.92. The average molecular weight is 247 g/mol. The van der Waals surface area contributed by atoms with Crippen molar-refractivity contribution >= 4 is 5.69 Å². The van der Waals surface area contributed by atoms with Gasteiger partial charge in [0.25, 0.3) is 0 Å². The minimum absolute atomic E-state index is 0.261. The summed E-state index contributed by atoms with van der Waals surface area (Å²) < 4.78 is 20.9. The third-order valence-electron chi connectivity index (χ3n) is 3.06. The predicted octanol–water partition coefficient (Wildman–Crippen LogP) is 1.85. The molecule has 94 valence electrons. The van der Waals surface area contributed by atoms with Gasteiger partial charge in [0, 0.05) is 31.2 Å². The first-order chi connectivity index (χ1) is 8.84. The number of anilines is 1. The van der Waals surface area contributed by atoms with Crippen molar-refractivity contribution in [1.82, 2.24) is 9.78 Å². The Hall–Kier alpha value is -1.88. The minimum Gasteiger partial charge on any atom is -0.378 e. The largest absolute Gasteiger partial charge is 0.378 e. The molecular formula is C13H14FN3O. The van der Waals surface area contributed by atoms with Crippen molar-refractivity contribution in [3.05, 3.63) is 42.5 Å². The average Bonchev–Trinajstić information content (AvgIpc) is 2.93. The summed E-state index contributed by atoms with van der Waals surface area (Å²) in [6, 6.07) is 7.01. The molecule has 2 heterocycles. The van der Waals surface area contributed by atoms with Crippen molar-refractivity contribution in [2.75, 3.05) is 31.2 Å². The molecule has 3 rings (SSSR count). The number of nitrogens with zero attached hydrogens (tertiary/aromatic N) is 3. The SMILES string of the molecule is Fc1cc(N2CCOCC2)ccc1-n1cccn1. The topological polar surface area (TPSA) is 30.3 Å². The van der Waals surface area contributed by atoms with Crippen LogP contribution in [0.3, 0.4) is 0 Å². The summed E-state index contributed by atoms with van der Waals surface area (Å²) >= 11 is 0. The van der Waals surface area contributed by atoms with E-state index in [0.29, 0.717) is 18.9 Å². The van der Waals surface area contributed by atoms with Crippen LogP contribution in [0.4, 0.5) is 10.1 Å². The molecule has 0 aliphatic carbocycles. The third-order valence-corrected chi connectivity index (χ3v) is 3.06. The summed E-state index contributed by atoms with van der Waals surface area (Å²) in [6.07, 6.45) is 3.36. The molecule has 2 aromatic rings. The van der Waals surface area contributed by atoms with Crippen LogP contribution in [0.15, 0.2) is 36.7 Å². The van der Waals surface area contributed by atoms with Crippen LogP contribution in [-0.2, 0) is 4.74 Å². The molecule has 0 unspecified atom stereocenters. The van der Waals surface area contributed by atoms with E-state index >= 15 is 0 Å². The molecule has 1 saturated heterocycles. The van der Waals surface area contributed by atoms with E-state index in [4.69, 9.17) is 4.74 Å². The van der Waals surface area contributed by atoms with Gasteiger partial charge in [-0.1, -0.05) is 0 Å². The Bertz CT molecular complexity index is 521. The van der Waals surface area contributed by atoms with E-state index in [0.717, 1.165) is 18.8 Å². The Morgan fingerprint density at radius 3 is 2.72 bits per heavy atom. The highest BCUT2D eigenvalue weighted by molar-refractivity contribution is 5.51. The maximum Gasteiger partial charge on any atom is 0.150 e. The van der Waals surface area contributed by atoms with Crippen LogP contribution >= 0.6 is 0 Å². The molecule has 0 atom stereocenters. The number of aromatic nitrogens is 2. The summed E-state index contributed by atoms with van der Waals surface area (Å²) in [5.41, 5.74) is 1.36. The maximum atomic E-state index is 14.0. The molecule has 1 fully saturated rings. The maximum absolute atomic E-state index is 14.0. The molecule has 4 nitrogen and oxygen atoms in total. The molecule has 18 heavy (non-hydrogen) atoms. The lowest BCUT2D eigenvalue weighted by Crippen LogP contribution is -2.36. The van der Waals surface area contributed by atoms with Crippen LogP contribution in [0, 0.1) is 5.82 Å². The summed E-state index contributed by atoms with van der Waals surface area (Å²) in [5.74, 6) is -0.261. The van der Waals surface area contributed by atoms with Crippen molar-refractivity contribution in [2.24, 2.45) is 0 Å². The third kappa shape index (κ3) is 2.09. The van der Waals surface area contributed by atoms with Crippen LogP contribution < -0.4 is 4.90 Å². The second-order valence-electron chi connectivity index (χ2n) is 4.19. The van der Waals surface area contributed by atoms with Crippen LogP contribution in [0.2, 0.25) is 0 Å². The van der Waals surface area contributed by atoms with Crippen molar-refractivity contribution in [3.63, 3.8) is 0 Å². The fourth-order valence-electron chi connectivity index (χ4n) is 2.11. The first-order valence-electron chi connectivity index (χ1n) is 5.97. The van der Waals surface area contributed by atoms with Gasteiger partial charge < -0.3 is 9.64 Å². The van der Waals surface area contributed by atoms with E-state index in [2.05, 4.69) is 10.00 Å². The Balaban J connectivity index is 1.89. The van der Waals surface area contributed by atoms with Gasteiger partial charge in [0.1, 0.15) is 5.69 Å². The van der Waals surface area contributed by atoms with Gasteiger partial charge in [0.05, 0.1) is 13.2 Å². The van der Waals surface area contributed by atoms with E-state index in [1.54, 1.807) is 30.6 Å². The lowest BCUT2D eigenvalue weighted by atomic mass is 10.2. The number of hydrogen-bond acceptors (Lipinski definition) is 3. The Morgan fingerprint density at radius 2 is 2.06 bits per heavy atom. The molecule has 0 radical (unpaired) electrons. The van der Waals surface area contributed by atoms with Crippen molar-refractivity contribution in [3.8, 4) is 5.69 Å². The van der Waals surface area contributed by atoms with E-state index < -0.39 is 0 Å². The Kier molecular flexibility index (Phi) is 2.98. The molecule has 0 spiro atoms. The molecule has 0 amide bonds. The normalized spacial score (nSPS) is 15.9. The van der Waals surface area contributed by atoms with Crippen molar-refractivity contribution in [1.29, 1.82) is 0 Å². The van der Waals surface area contributed by atoms with Crippen molar-refractivity contribution in [2.45, 2.75) is 0 Å². The highest BCUT2D eigenvalue weighted by Gasteiger charge is 2.13. The molecule has 1 aromatic carbocycles. The lowest BCUT2D eigenvalue weighted by Gasteiger charge is -2.29. The number of ether oxygens (including phenoxy) is 1. The number of rotatable bonds is 2. The first kappa shape index (κ1) is 11.2. The molecule has 1 aliphatic heterocycles. The lowest BCUT2D eigenvalue weighted by molar-refractivity contribution is 0.122. The predicted molar refractivity (Wildman–Crippen MR) is 66.6 cm³/mol. The van der Waals surface area contributed by atoms with E-state index in [-0.39, 0.29) is 5.82 Å². The first-order valence-corrected chi connectivity index (χ1v) is 5.97. The highest BCUT2D eigenvalue weighted by atomic mass is 19.1. The van der Waals surface area contributed by atoms with E-state index in [1.807, 2.05) is 6.07 Å². The second-order valence-corrected chi connectivity index (χ2v) is 4.19. The van der Waals surface area contributed by atoms with Gasteiger partial charge in [-0.15, -0.1) is 0 Å². The van der Waals surface area contributed by atoms with Gasteiger partial charge in [0.2, 0.25) is 0 Å². The Morgan fingerprint density at radius 1 is 1.22 bits per heavy atom. The number of morpholine rings is 1. The van der Waals surface area contributed by atoms with Gasteiger partial charge in [0.15, 0.2) is 5.82 Å². The van der Waals surface area contributed by atoms with Gasteiger partial charge in [-0.25, -0.2) is 9.07 Å². The zero-order valence-electron chi connectivity index (χ0n) is 9.92. The highest BCUT2D eigenvalue weighted by Crippen LogP contribution is 2.21. The second kappa shape index (κ2) is 4.78. The molecule has 5 heteroatoms. The van der Waals surface area contributed by atoms with Crippen LogP contribution in [0.5, 0.6) is 0 Å². The summed E-state index contributed by atoms with van der Waals surface area (Å²) in [7, 11) is 0. The Labute approximate surface area is 105 Å². The summed E-state index contributed by atoms with van der Waals surface area (Å²) in [4.78, 5) is 2.12. The van der Waals surface area contributed by atoms with Gasteiger partial charge in [-0.05, 0) is 24.3 Å². The summed E-state index contributed by atoms with van der Waals surface area (Å²) in [6.45, 7) is 3.01. The smallest absolute Gasteiger partial charge is 0.150 e. The fraction of sp³-hybridized carbons (Fsp3) is 0.308. The van der Waals surface area contributed by atoms with Crippen LogP contribution in [-0.4, -0.2) is 36.1 Å².